The van der Waals surface area contributed by atoms with Gasteiger partial charge in [-0.3, -0.25) is 9.69 Å². The fraction of sp³-hybridized carbons (Fsp3) is 0.409. The van der Waals surface area contributed by atoms with Crippen molar-refractivity contribution in [2.45, 2.75) is 44.2 Å². The minimum atomic E-state index is -3.45. The quantitative estimate of drug-likeness (QED) is 0.740. The molecule has 28 heavy (non-hydrogen) atoms. The van der Waals surface area contributed by atoms with Crippen LogP contribution in [-0.4, -0.2) is 38.1 Å². The number of amides is 1. The minimum Gasteiger partial charge on any atom is -0.352 e. The number of benzene rings is 2. The molecule has 5 nitrogen and oxygen atoms in total. The van der Waals surface area contributed by atoms with E-state index in [2.05, 4.69) is 16.3 Å². The molecular formula is C22H28N2O3S. The molecule has 0 unspecified atom stereocenters. The summed E-state index contributed by atoms with van der Waals surface area (Å²) < 4.78 is 24.8. The van der Waals surface area contributed by atoms with E-state index in [0.717, 1.165) is 30.8 Å². The first-order valence-corrected chi connectivity index (χ1v) is 11.4. The van der Waals surface area contributed by atoms with E-state index in [1.807, 2.05) is 25.1 Å². The van der Waals surface area contributed by atoms with Crippen LogP contribution in [0.1, 0.15) is 36.0 Å². The fourth-order valence-electron chi connectivity index (χ4n) is 3.44. The third kappa shape index (κ3) is 5.66. The van der Waals surface area contributed by atoms with Crippen LogP contribution in [0.3, 0.4) is 0 Å². The number of carbonyl (C=O) groups excluding carboxylic acids is 1. The van der Waals surface area contributed by atoms with Crippen LogP contribution in [0.5, 0.6) is 0 Å². The number of rotatable bonds is 8. The Morgan fingerprint density at radius 2 is 1.64 bits per heavy atom. The molecule has 0 aliphatic carbocycles. The summed E-state index contributed by atoms with van der Waals surface area (Å²) in [6.45, 7) is 5.47. The molecule has 0 saturated carbocycles. The molecular weight excluding hydrogens is 372 g/mol. The second-order valence-electron chi connectivity index (χ2n) is 7.41. The highest BCUT2D eigenvalue weighted by molar-refractivity contribution is 7.91. The average Bonchev–Trinajstić information content (AvgIpc) is 3.19. The monoisotopic (exact) mass is 400 g/mol. The Balaban J connectivity index is 1.52. The maximum Gasteiger partial charge on any atom is 0.221 e. The topological polar surface area (TPSA) is 66.5 Å². The van der Waals surface area contributed by atoms with Gasteiger partial charge < -0.3 is 5.32 Å². The van der Waals surface area contributed by atoms with Crippen LogP contribution in [0.2, 0.25) is 0 Å². The zero-order valence-corrected chi connectivity index (χ0v) is 17.2. The van der Waals surface area contributed by atoms with Gasteiger partial charge >= 0.3 is 0 Å². The van der Waals surface area contributed by atoms with Crippen molar-refractivity contribution in [3.63, 3.8) is 0 Å². The largest absolute Gasteiger partial charge is 0.352 e. The molecule has 1 aliphatic heterocycles. The highest BCUT2D eigenvalue weighted by atomic mass is 32.2. The smallest absolute Gasteiger partial charge is 0.221 e. The van der Waals surface area contributed by atoms with Crippen molar-refractivity contribution in [2.75, 3.05) is 18.8 Å². The van der Waals surface area contributed by atoms with Crippen LogP contribution >= 0.6 is 0 Å². The van der Waals surface area contributed by atoms with E-state index in [1.165, 1.54) is 18.4 Å². The summed E-state index contributed by atoms with van der Waals surface area (Å²) >= 11 is 0. The van der Waals surface area contributed by atoms with Crippen LogP contribution in [0.15, 0.2) is 53.4 Å². The van der Waals surface area contributed by atoms with Gasteiger partial charge in [0.05, 0.1) is 10.6 Å². The van der Waals surface area contributed by atoms with Gasteiger partial charge in [-0.1, -0.05) is 42.0 Å². The summed E-state index contributed by atoms with van der Waals surface area (Å²) in [5.41, 5.74) is 3.31. The molecule has 1 N–H and O–H groups in total. The maximum atomic E-state index is 12.4. The number of carbonyl (C=O) groups is 1. The molecule has 2 aromatic rings. The van der Waals surface area contributed by atoms with Crippen LogP contribution in [-0.2, 0) is 27.7 Å². The molecule has 1 aliphatic rings. The molecule has 0 atom stereocenters. The first-order valence-electron chi connectivity index (χ1n) is 9.79. The minimum absolute atomic E-state index is 0.0372. The number of nitrogens with zero attached hydrogens (tertiary/aromatic N) is 1. The Morgan fingerprint density at radius 1 is 1.00 bits per heavy atom. The van der Waals surface area contributed by atoms with E-state index >= 15 is 0 Å². The maximum absolute atomic E-state index is 12.4. The first kappa shape index (κ1) is 20.6. The number of aryl methyl sites for hydroxylation is 1. The van der Waals surface area contributed by atoms with Gasteiger partial charge in [-0.05, 0) is 56.1 Å². The van der Waals surface area contributed by atoms with Crippen molar-refractivity contribution < 1.29 is 13.2 Å². The standard InChI is InChI=1S/C22H28N2O3S/c1-18-8-10-21(11-9-18)28(26,27)15-12-22(25)23-16-19-6-2-3-7-20(19)17-24-13-4-5-14-24/h2-3,6-11H,4-5,12-17H2,1H3,(H,23,25). The van der Waals surface area contributed by atoms with Crippen molar-refractivity contribution in [3.8, 4) is 0 Å². The Kier molecular flexibility index (Phi) is 6.86. The summed E-state index contributed by atoms with van der Waals surface area (Å²) in [6, 6.07) is 14.8. The van der Waals surface area contributed by atoms with Gasteiger partial charge in [-0.2, -0.15) is 0 Å². The Morgan fingerprint density at radius 3 is 2.32 bits per heavy atom. The van der Waals surface area contributed by atoms with E-state index in [4.69, 9.17) is 0 Å². The number of hydrogen-bond donors (Lipinski definition) is 1. The molecule has 1 amide bonds. The zero-order chi connectivity index (χ0) is 20.0. The second-order valence-corrected chi connectivity index (χ2v) is 9.52. The van der Waals surface area contributed by atoms with Gasteiger partial charge in [0.25, 0.3) is 0 Å². The summed E-state index contributed by atoms with van der Waals surface area (Å²) in [5, 5.41) is 2.88. The molecule has 2 aromatic carbocycles. The van der Waals surface area contributed by atoms with E-state index in [1.54, 1.807) is 24.3 Å². The van der Waals surface area contributed by atoms with Crippen molar-refractivity contribution in [1.29, 1.82) is 0 Å². The number of sulfone groups is 1. The van der Waals surface area contributed by atoms with Gasteiger partial charge in [0, 0.05) is 19.5 Å². The highest BCUT2D eigenvalue weighted by Crippen LogP contribution is 2.16. The van der Waals surface area contributed by atoms with Crippen molar-refractivity contribution in [1.82, 2.24) is 10.2 Å². The lowest BCUT2D eigenvalue weighted by Crippen LogP contribution is -2.26. The van der Waals surface area contributed by atoms with Crippen molar-refractivity contribution in [3.05, 3.63) is 65.2 Å². The predicted octanol–water partition coefficient (Wildman–Crippen LogP) is 3.07. The highest BCUT2D eigenvalue weighted by Gasteiger charge is 2.17. The molecule has 0 spiro atoms. The first-order chi connectivity index (χ1) is 13.4. The summed E-state index contributed by atoms with van der Waals surface area (Å²) in [5.74, 6) is -0.427. The van der Waals surface area contributed by atoms with Crippen LogP contribution in [0, 0.1) is 6.92 Å². The van der Waals surface area contributed by atoms with E-state index in [-0.39, 0.29) is 23.0 Å². The molecule has 1 heterocycles. The number of likely N-dealkylation sites (tertiary alicyclic amines) is 1. The Hall–Kier alpha value is -2.18. The zero-order valence-electron chi connectivity index (χ0n) is 16.4. The van der Waals surface area contributed by atoms with E-state index < -0.39 is 9.84 Å². The molecule has 1 fully saturated rings. The van der Waals surface area contributed by atoms with Gasteiger partial charge in [-0.15, -0.1) is 0 Å². The Bertz CT molecular complexity index is 902. The molecule has 3 rings (SSSR count). The lowest BCUT2D eigenvalue weighted by molar-refractivity contribution is -0.120. The molecule has 6 heteroatoms. The molecule has 0 bridgehead atoms. The summed E-state index contributed by atoms with van der Waals surface area (Å²) in [4.78, 5) is 14.9. The number of hydrogen-bond acceptors (Lipinski definition) is 4. The lowest BCUT2D eigenvalue weighted by Gasteiger charge is -2.17. The number of nitrogens with one attached hydrogen (secondary N) is 1. The Labute approximate surface area is 167 Å². The second kappa shape index (κ2) is 9.34. The van der Waals surface area contributed by atoms with Gasteiger partial charge in [0.2, 0.25) is 5.91 Å². The van der Waals surface area contributed by atoms with Crippen molar-refractivity contribution in [2.24, 2.45) is 0 Å². The van der Waals surface area contributed by atoms with Gasteiger partial charge in [0.1, 0.15) is 0 Å². The molecule has 150 valence electrons. The molecule has 1 saturated heterocycles. The predicted molar refractivity (Wildman–Crippen MR) is 111 cm³/mol. The average molecular weight is 401 g/mol. The van der Waals surface area contributed by atoms with Crippen LogP contribution < -0.4 is 5.32 Å². The van der Waals surface area contributed by atoms with E-state index in [0.29, 0.717) is 6.54 Å². The van der Waals surface area contributed by atoms with Crippen LogP contribution in [0.25, 0.3) is 0 Å². The van der Waals surface area contributed by atoms with Gasteiger partial charge in [0.15, 0.2) is 9.84 Å². The van der Waals surface area contributed by atoms with Crippen molar-refractivity contribution >= 4 is 15.7 Å². The fourth-order valence-corrected chi connectivity index (χ4v) is 4.68. The van der Waals surface area contributed by atoms with Crippen LogP contribution in [0.4, 0.5) is 0 Å². The summed E-state index contributed by atoms with van der Waals surface area (Å²) in [7, 11) is -3.45. The SMILES string of the molecule is Cc1ccc(S(=O)(=O)CCC(=O)NCc2ccccc2CN2CCCC2)cc1. The lowest BCUT2D eigenvalue weighted by atomic mass is 10.1. The van der Waals surface area contributed by atoms with Gasteiger partial charge in [-0.25, -0.2) is 8.42 Å². The molecule has 0 aromatic heterocycles. The third-order valence-corrected chi connectivity index (χ3v) is 6.90. The third-order valence-electron chi connectivity index (χ3n) is 5.16. The summed E-state index contributed by atoms with van der Waals surface area (Å²) in [6.07, 6.45) is 2.45. The van der Waals surface area contributed by atoms with E-state index in [9.17, 15) is 13.2 Å². The molecule has 0 radical (unpaired) electrons. The normalized spacial score (nSPS) is 14.9.